The van der Waals surface area contributed by atoms with Crippen LogP contribution in [0.2, 0.25) is 0 Å². The maximum absolute atomic E-state index is 11.9. The summed E-state index contributed by atoms with van der Waals surface area (Å²) < 4.78 is 30.3. The van der Waals surface area contributed by atoms with E-state index in [-0.39, 0.29) is 5.09 Å². The fourth-order valence-electron chi connectivity index (χ4n) is 1.77. The molecule has 1 N–H and O–H groups in total. The van der Waals surface area contributed by atoms with Gasteiger partial charge in [0.2, 0.25) is 5.09 Å². The summed E-state index contributed by atoms with van der Waals surface area (Å²) in [6.07, 6.45) is 3.57. The number of furan rings is 1. The number of nitrogens with one attached hydrogen (secondary N) is 1. The molecule has 0 atom stereocenters. The number of pyridine rings is 1. The number of aromatic nitrogens is 1. The van der Waals surface area contributed by atoms with Crippen molar-refractivity contribution in [3.63, 3.8) is 0 Å². The van der Waals surface area contributed by atoms with E-state index in [0.29, 0.717) is 18.8 Å². The molecule has 0 amide bonds. The molecule has 2 rings (SSSR count). The highest BCUT2D eigenvalue weighted by molar-refractivity contribution is 7.88. The second-order valence-corrected chi connectivity index (χ2v) is 7.00. The Bertz CT molecular complexity index is 708. The average molecular weight is 309 g/mol. The van der Waals surface area contributed by atoms with E-state index in [9.17, 15) is 8.42 Å². The summed E-state index contributed by atoms with van der Waals surface area (Å²) in [5.74, 6) is 0.581. The third-order valence-electron chi connectivity index (χ3n) is 3.13. The summed E-state index contributed by atoms with van der Waals surface area (Å²) in [4.78, 5) is 4.08. The maximum atomic E-state index is 11.9. The summed E-state index contributed by atoms with van der Waals surface area (Å²) in [6.45, 7) is 3.13. The van der Waals surface area contributed by atoms with E-state index >= 15 is 0 Å². The van der Waals surface area contributed by atoms with Crippen LogP contribution in [0.4, 0.5) is 0 Å². The molecule has 0 bridgehead atoms. The van der Waals surface area contributed by atoms with Gasteiger partial charge < -0.3 is 9.73 Å². The highest BCUT2D eigenvalue weighted by atomic mass is 32.2. The SMILES string of the molecule is Cc1ccncc1CNCc1ccc(S(=O)(=O)N(C)C)o1. The van der Waals surface area contributed by atoms with Crippen molar-refractivity contribution in [2.24, 2.45) is 0 Å². The maximum Gasteiger partial charge on any atom is 0.275 e. The highest BCUT2D eigenvalue weighted by Gasteiger charge is 2.21. The van der Waals surface area contributed by atoms with Crippen LogP contribution in [-0.4, -0.2) is 31.8 Å². The summed E-state index contributed by atoms with van der Waals surface area (Å²) in [7, 11) is -0.565. The van der Waals surface area contributed by atoms with E-state index in [4.69, 9.17) is 4.42 Å². The second kappa shape index (κ2) is 6.38. The first-order valence-corrected chi connectivity index (χ1v) is 7.96. The lowest BCUT2D eigenvalue weighted by Gasteiger charge is -2.08. The minimum atomic E-state index is -3.51. The fourth-order valence-corrected chi connectivity index (χ4v) is 2.59. The van der Waals surface area contributed by atoms with Crippen LogP contribution < -0.4 is 5.32 Å². The first-order valence-electron chi connectivity index (χ1n) is 6.52. The molecule has 0 unspecified atom stereocenters. The molecule has 2 aromatic heterocycles. The molecule has 0 saturated heterocycles. The van der Waals surface area contributed by atoms with Crippen LogP contribution in [0.25, 0.3) is 0 Å². The molecule has 0 spiro atoms. The number of aryl methyl sites for hydroxylation is 1. The Labute approximate surface area is 124 Å². The number of nitrogens with zero attached hydrogens (tertiary/aromatic N) is 2. The van der Waals surface area contributed by atoms with E-state index in [0.717, 1.165) is 15.4 Å². The summed E-state index contributed by atoms with van der Waals surface area (Å²) in [6, 6.07) is 5.09. The largest absolute Gasteiger partial charge is 0.447 e. The number of hydrogen-bond acceptors (Lipinski definition) is 5. The normalized spacial score (nSPS) is 12.0. The van der Waals surface area contributed by atoms with E-state index in [1.807, 2.05) is 19.2 Å². The van der Waals surface area contributed by atoms with Gasteiger partial charge in [-0.15, -0.1) is 0 Å². The van der Waals surface area contributed by atoms with Crippen LogP contribution in [0.15, 0.2) is 40.1 Å². The van der Waals surface area contributed by atoms with Gasteiger partial charge in [0.1, 0.15) is 5.76 Å². The van der Waals surface area contributed by atoms with Gasteiger partial charge in [-0.1, -0.05) is 0 Å². The summed E-state index contributed by atoms with van der Waals surface area (Å²) in [5.41, 5.74) is 2.26. The first kappa shape index (κ1) is 15.7. The van der Waals surface area contributed by atoms with Gasteiger partial charge in [0.25, 0.3) is 10.0 Å². The predicted octanol–water partition coefficient (Wildman–Crippen LogP) is 1.52. The number of rotatable bonds is 6. The quantitative estimate of drug-likeness (QED) is 0.875. The lowest BCUT2D eigenvalue weighted by atomic mass is 10.1. The summed E-state index contributed by atoms with van der Waals surface area (Å²) >= 11 is 0. The molecular weight excluding hydrogens is 290 g/mol. The van der Waals surface area contributed by atoms with Gasteiger partial charge in [-0.05, 0) is 36.2 Å². The van der Waals surface area contributed by atoms with Gasteiger partial charge in [0, 0.05) is 33.0 Å². The van der Waals surface area contributed by atoms with E-state index < -0.39 is 10.0 Å². The van der Waals surface area contributed by atoms with Crippen molar-refractivity contribution in [3.05, 3.63) is 47.5 Å². The molecule has 6 nitrogen and oxygen atoms in total. The first-order chi connectivity index (χ1) is 9.91. The molecule has 114 valence electrons. The van der Waals surface area contributed by atoms with Crippen LogP contribution >= 0.6 is 0 Å². The zero-order chi connectivity index (χ0) is 15.5. The Balaban J connectivity index is 1.97. The standard InChI is InChI=1S/C14H19N3O3S/c1-11-6-7-15-8-12(11)9-16-10-13-4-5-14(20-13)21(18,19)17(2)3/h4-8,16H,9-10H2,1-3H3. The Morgan fingerprint density at radius 2 is 2.00 bits per heavy atom. The lowest BCUT2D eigenvalue weighted by molar-refractivity contribution is 0.389. The minimum absolute atomic E-state index is 0.0399. The second-order valence-electron chi connectivity index (χ2n) is 4.91. The molecule has 0 radical (unpaired) electrons. The Hall–Kier alpha value is -1.70. The monoisotopic (exact) mass is 309 g/mol. The highest BCUT2D eigenvalue weighted by Crippen LogP contribution is 2.16. The van der Waals surface area contributed by atoms with E-state index in [2.05, 4.69) is 10.3 Å². The van der Waals surface area contributed by atoms with Crippen molar-refractivity contribution >= 4 is 10.0 Å². The molecule has 0 aromatic carbocycles. The van der Waals surface area contributed by atoms with E-state index in [1.54, 1.807) is 12.3 Å². The molecule has 0 aliphatic rings. The minimum Gasteiger partial charge on any atom is -0.447 e. The van der Waals surface area contributed by atoms with Gasteiger partial charge in [-0.25, -0.2) is 12.7 Å². The predicted molar refractivity (Wildman–Crippen MR) is 79.1 cm³/mol. The molecule has 0 fully saturated rings. The molecule has 2 aromatic rings. The van der Waals surface area contributed by atoms with Crippen LogP contribution in [0.1, 0.15) is 16.9 Å². The van der Waals surface area contributed by atoms with Crippen LogP contribution in [0.5, 0.6) is 0 Å². The van der Waals surface area contributed by atoms with Crippen LogP contribution in [0, 0.1) is 6.92 Å². The lowest BCUT2D eigenvalue weighted by Crippen LogP contribution is -2.21. The van der Waals surface area contributed by atoms with Gasteiger partial charge in [0.15, 0.2) is 0 Å². The molecular formula is C14H19N3O3S. The summed E-state index contributed by atoms with van der Waals surface area (Å²) in [5, 5.41) is 3.17. The van der Waals surface area contributed by atoms with Crippen molar-refractivity contribution in [3.8, 4) is 0 Å². The van der Waals surface area contributed by atoms with Crippen molar-refractivity contribution in [1.29, 1.82) is 0 Å². The Morgan fingerprint density at radius 1 is 1.24 bits per heavy atom. The number of sulfonamides is 1. The Morgan fingerprint density at radius 3 is 2.67 bits per heavy atom. The molecule has 0 aliphatic heterocycles. The molecule has 2 heterocycles. The van der Waals surface area contributed by atoms with Gasteiger partial charge in [-0.3, -0.25) is 4.98 Å². The third kappa shape index (κ3) is 3.69. The van der Waals surface area contributed by atoms with Gasteiger partial charge >= 0.3 is 0 Å². The smallest absolute Gasteiger partial charge is 0.275 e. The zero-order valence-corrected chi connectivity index (χ0v) is 13.1. The Kier molecular flexibility index (Phi) is 4.76. The van der Waals surface area contributed by atoms with Crippen molar-refractivity contribution in [1.82, 2.24) is 14.6 Å². The van der Waals surface area contributed by atoms with Gasteiger partial charge in [0.05, 0.1) is 6.54 Å². The van der Waals surface area contributed by atoms with Crippen molar-refractivity contribution < 1.29 is 12.8 Å². The molecule has 0 aliphatic carbocycles. The van der Waals surface area contributed by atoms with Gasteiger partial charge in [-0.2, -0.15) is 0 Å². The molecule has 7 heteroatoms. The zero-order valence-electron chi connectivity index (χ0n) is 12.3. The van der Waals surface area contributed by atoms with Crippen molar-refractivity contribution in [2.45, 2.75) is 25.1 Å². The van der Waals surface area contributed by atoms with E-state index in [1.165, 1.54) is 20.2 Å². The van der Waals surface area contributed by atoms with Crippen LogP contribution in [-0.2, 0) is 23.1 Å². The average Bonchev–Trinajstić information content (AvgIpc) is 2.90. The van der Waals surface area contributed by atoms with Crippen LogP contribution in [0.3, 0.4) is 0 Å². The fraction of sp³-hybridized carbons (Fsp3) is 0.357. The topological polar surface area (TPSA) is 75.4 Å². The number of hydrogen-bond donors (Lipinski definition) is 1. The third-order valence-corrected chi connectivity index (χ3v) is 4.82. The van der Waals surface area contributed by atoms with Crippen molar-refractivity contribution in [2.75, 3.05) is 14.1 Å². The molecule has 21 heavy (non-hydrogen) atoms. The molecule has 0 saturated carbocycles.